The highest BCUT2D eigenvalue weighted by atomic mass is 16.4. The van der Waals surface area contributed by atoms with Gasteiger partial charge in [0.25, 0.3) is 0 Å². The molecule has 5 nitrogen and oxygen atoms in total. The molecule has 1 aromatic heterocycles. The van der Waals surface area contributed by atoms with Gasteiger partial charge in [0, 0.05) is 43.9 Å². The molecule has 1 saturated carbocycles. The largest absolute Gasteiger partial charge is 0.476 e. The molecule has 0 radical (unpaired) electrons. The molecule has 1 aliphatic carbocycles. The standard InChI is InChI=1S/C11H15N3O2/c1-13-9-4-5-14(7-2-3-7)6-8(9)10(12-13)11(15)16/h7H,2-6H2,1H3,(H,15,16). The van der Waals surface area contributed by atoms with Gasteiger partial charge < -0.3 is 5.11 Å². The number of aromatic nitrogens is 2. The summed E-state index contributed by atoms with van der Waals surface area (Å²) in [5, 5.41) is 13.2. The van der Waals surface area contributed by atoms with Gasteiger partial charge in [-0.15, -0.1) is 0 Å². The van der Waals surface area contributed by atoms with E-state index in [-0.39, 0.29) is 5.69 Å². The van der Waals surface area contributed by atoms with Crippen LogP contribution in [0.4, 0.5) is 0 Å². The summed E-state index contributed by atoms with van der Waals surface area (Å²) in [5.74, 6) is -0.908. The zero-order chi connectivity index (χ0) is 11.3. The predicted octanol–water partition coefficient (Wildman–Crippen LogP) is 0.639. The Bertz CT molecular complexity index is 448. The van der Waals surface area contributed by atoms with Crippen molar-refractivity contribution in [3.05, 3.63) is 17.0 Å². The van der Waals surface area contributed by atoms with Crippen LogP contribution in [0.5, 0.6) is 0 Å². The fraction of sp³-hybridized carbons (Fsp3) is 0.636. The second-order valence-electron chi connectivity index (χ2n) is 4.65. The number of hydrogen-bond acceptors (Lipinski definition) is 3. The molecule has 2 heterocycles. The molecule has 1 aromatic rings. The Balaban J connectivity index is 1.97. The molecule has 1 aliphatic heterocycles. The van der Waals surface area contributed by atoms with Gasteiger partial charge in [-0.2, -0.15) is 5.10 Å². The first-order valence-corrected chi connectivity index (χ1v) is 5.69. The van der Waals surface area contributed by atoms with Crippen LogP contribution >= 0.6 is 0 Å². The second-order valence-corrected chi connectivity index (χ2v) is 4.65. The van der Waals surface area contributed by atoms with Gasteiger partial charge in [0.05, 0.1) is 0 Å². The van der Waals surface area contributed by atoms with Crippen molar-refractivity contribution in [2.45, 2.75) is 31.8 Å². The van der Waals surface area contributed by atoms with E-state index in [2.05, 4.69) is 10.00 Å². The number of carbonyl (C=O) groups is 1. The lowest BCUT2D eigenvalue weighted by Crippen LogP contribution is -2.33. The summed E-state index contributed by atoms with van der Waals surface area (Å²) in [7, 11) is 1.83. The zero-order valence-electron chi connectivity index (χ0n) is 9.31. The Morgan fingerprint density at radius 1 is 1.50 bits per heavy atom. The van der Waals surface area contributed by atoms with E-state index in [1.165, 1.54) is 12.8 Å². The molecule has 3 rings (SSSR count). The molecule has 86 valence electrons. The summed E-state index contributed by atoms with van der Waals surface area (Å²) in [4.78, 5) is 13.5. The smallest absolute Gasteiger partial charge is 0.356 e. The van der Waals surface area contributed by atoms with Crippen LogP contribution in [0.25, 0.3) is 0 Å². The average Bonchev–Trinajstić information content (AvgIpc) is 3.04. The van der Waals surface area contributed by atoms with Gasteiger partial charge in [-0.05, 0) is 12.8 Å². The number of fused-ring (bicyclic) bond motifs is 1. The topological polar surface area (TPSA) is 58.4 Å². The summed E-state index contributed by atoms with van der Waals surface area (Å²) in [5.41, 5.74) is 2.25. The molecule has 0 aromatic carbocycles. The maximum Gasteiger partial charge on any atom is 0.356 e. The number of hydrogen-bond donors (Lipinski definition) is 1. The molecule has 0 amide bonds. The number of rotatable bonds is 2. The predicted molar refractivity (Wildman–Crippen MR) is 57.3 cm³/mol. The molecule has 2 aliphatic rings. The molecule has 0 atom stereocenters. The highest BCUT2D eigenvalue weighted by Crippen LogP contribution is 2.32. The van der Waals surface area contributed by atoms with E-state index < -0.39 is 5.97 Å². The molecule has 16 heavy (non-hydrogen) atoms. The first kappa shape index (κ1) is 9.84. The third kappa shape index (κ3) is 1.43. The lowest BCUT2D eigenvalue weighted by atomic mass is 10.1. The third-order valence-electron chi connectivity index (χ3n) is 3.54. The van der Waals surface area contributed by atoms with E-state index in [0.29, 0.717) is 6.04 Å². The molecule has 0 unspecified atom stereocenters. The van der Waals surface area contributed by atoms with Gasteiger partial charge >= 0.3 is 5.97 Å². The number of aromatic carboxylic acids is 1. The first-order valence-electron chi connectivity index (χ1n) is 5.69. The van der Waals surface area contributed by atoms with E-state index in [1.54, 1.807) is 4.68 Å². The van der Waals surface area contributed by atoms with E-state index in [9.17, 15) is 4.79 Å². The number of nitrogens with zero attached hydrogens (tertiary/aromatic N) is 3. The Hall–Kier alpha value is -1.36. The van der Waals surface area contributed by atoms with Crippen LogP contribution in [0.15, 0.2) is 0 Å². The monoisotopic (exact) mass is 221 g/mol. The van der Waals surface area contributed by atoms with E-state index >= 15 is 0 Å². The van der Waals surface area contributed by atoms with Crippen LogP contribution in [0.1, 0.15) is 34.6 Å². The average molecular weight is 221 g/mol. The van der Waals surface area contributed by atoms with Gasteiger partial charge in [0.15, 0.2) is 5.69 Å². The van der Waals surface area contributed by atoms with Crippen molar-refractivity contribution in [2.24, 2.45) is 7.05 Å². The van der Waals surface area contributed by atoms with Crippen molar-refractivity contribution in [3.63, 3.8) is 0 Å². The van der Waals surface area contributed by atoms with E-state index in [4.69, 9.17) is 5.11 Å². The summed E-state index contributed by atoms with van der Waals surface area (Å²) < 4.78 is 1.73. The van der Waals surface area contributed by atoms with Gasteiger partial charge in [0.1, 0.15) is 0 Å². The quantitative estimate of drug-likeness (QED) is 0.796. The normalized spacial score (nSPS) is 20.8. The van der Waals surface area contributed by atoms with Crippen molar-refractivity contribution < 1.29 is 9.90 Å². The Morgan fingerprint density at radius 3 is 2.88 bits per heavy atom. The maximum atomic E-state index is 11.1. The zero-order valence-corrected chi connectivity index (χ0v) is 9.31. The highest BCUT2D eigenvalue weighted by molar-refractivity contribution is 5.87. The SMILES string of the molecule is Cn1nc(C(=O)O)c2c1CCN(C1CC1)C2. The van der Waals surface area contributed by atoms with Crippen molar-refractivity contribution in [2.75, 3.05) is 6.54 Å². The minimum absolute atomic E-state index is 0.239. The summed E-state index contributed by atoms with van der Waals surface area (Å²) in [6, 6.07) is 0.690. The molecular formula is C11H15N3O2. The minimum Gasteiger partial charge on any atom is -0.476 e. The van der Waals surface area contributed by atoms with Crippen LogP contribution < -0.4 is 0 Å². The Kier molecular flexibility index (Phi) is 2.04. The molecule has 0 bridgehead atoms. The van der Waals surface area contributed by atoms with Crippen molar-refractivity contribution in [3.8, 4) is 0 Å². The lowest BCUT2D eigenvalue weighted by molar-refractivity contribution is 0.0687. The van der Waals surface area contributed by atoms with Crippen molar-refractivity contribution in [1.82, 2.24) is 14.7 Å². The van der Waals surface area contributed by atoms with Crippen molar-refractivity contribution in [1.29, 1.82) is 0 Å². The third-order valence-corrected chi connectivity index (χ3v) is 3.54. The van der Waals surface area contributed by atoms with Crippen LogP contribution in [0.3, 0.4) is 0 Å². The van der Waals surface area contributed by atoms with Gasteiger partial charge in [-0.1, -0.05) is 0 Å². The lowest BCUT2D eigenvalue weighted by Gasteiger charge is -2.26. The van der Waals surface area contributed by atoms with Crippen LogP contribution in [0.2, 0.25) is 0 Å². The molecular weight excluding hydrogens is 206 g/mol. The number of carboxylic acid groups (broad SMARTS) is 1. The molecule has 5 heteroatoms. The van der Waals surface area contributed by atoms with Gasteiger partial charge in [-0.3, -0.25) is 9.58 Å². The first-order chi connectivity index (χ1) is 7.66. The van der Waals surface area contributed by atoms with Crippen LogP contribution in [0, 0.1) is 0 Å². The summed E-state index contributed by atoms with van der Waals surface area (Å²) in [6.07, 6.45) is 3.44. The Morgan fingerprint density at radius 2 is 2.25 bits per heavy atom. The second kappa shape index (κ2) is 3.31. The van der Waals surface area contributed by atoms with Gasteiger partial charge in [0.2, 0.25) is 0 Å². The fourth-order valence-corrected chi connectivity index (χ4v) is 2.54. The van der Waals surface area contributed by atoms with E-state index in [0.717, 1.165) is 30.8 Å². The molecule has 1 N–H and O–H groups in total. The fourth-order valence-electron chi connectivity index (χ4n) is 2.54. The van der Waals surface area contributed by atoms with Crippen molar-refractivity contribution >= 4 is 5.97 Å². The van der Waals surface area contributed by atoms with E-state index in [1.807, 2.05) is 7.05 Å². The van der Waals surface area contributed by atoms with Gasteiger partial charge in [-0.25, -0.2) is 4.79 Å². The summed E-state index contributed by atoms with van der Waals surface area (Å²) >= 11 is 0. The molecule has 1 fully saturated rings. The highest BCUT2D eigenvalue weighted by Gasteiger charge is 2.34. The molecule has 0 spiro atoms. The van der Waals surface area contributed by atoms with Crippen LogP contribution in [-0.2, 0) is 20.0 Å². The van der Waals surface area contributed by atoms with Crippen LogP contribution in [-0.4, -0.2) is 38.3 Å². The number of aryl methyl sites for hydroxylation is 1. The maximum absolute atomic E-state index is 11.1. The Labute approximate surface area is 93.7 Å². The molecule has 0 saturated heterocycles. The number of carboxylic acids is 1. The summed E-state index contributed by atoms with van der Waals surface area (Å²) in [6.45, 7) is 1.80. The minimum atomic E-state index is -0.908.